The van der Waals surface area contributed by atoms with Crippen molar-refractivity contribution in [1.29, 1.82) is 0 Å². The van der Waals surface area contributed by atoms with E-state index in [4.69, 9.17) is 0 Å². The zero-order chi connectivity index (χ0) is 14.1. The number of hydrogen-bond acceptors (Lipinski definition) is 2. The molecule has 2 aliphatic rings. The Bertz CT molecular complexity index is 532. The Balaban J connectivity index is 1.49. The summed E-state index contributed by atoms with van der Waals surface area (Å²) < 4.78 is 1.96. The van der Waals surface area contributed by atoms with Gasteiger partial charge in [0.25, 0.3) is 0 Å². The number of aryl methyl sites for hydroxylation is 1. The fourth-order valence-corrected chi connectivity index (χ4v) is 3.61. The lowest BCUT2D eigenvalue weighted by atomic mass is 9.90. The Morgan fingerprint density at radius 2 is 2.30 bits per heavy atom. The molecule has 2 aliphatic carbocycles. The van der Waals surface area contributed by atoms with E-state index in [1.807, 2.05) is 10.9 Å². The first-order chi connectivity index (χ1) is 9.67. The minimum Gasteiger partial charge on any atom is -0.352 e. The molecule has 0 saturated heterocycles. The quantitative estimate of drug-likeness (QED) is 0.838. The van der Waals surface area contributed by atoms with Crippen LogP contribution in [0.1, 0.15) is 37.4 Å². The summed E-state index contributed by atoms with van der Waals surface area (Å²) in [6.45, 7) is 5.60. The van der Waals surface area contributed by atoms with E-state index < -0.39 is 0 Å². The van der Waals surface area contributed by atoms with Gasteiger partial charge in [0.1, 0.15) is 0 Å². The summed E-state index contributed by atoms with van der Waals surface area (Å²) in [5.74, 6) is 2.13. The van der Waals surface area contributed by atoms with E-state index in [9.17, 15) is 4.79 Å². The van der Waals surface area contributed by atoms with Crippen LogP contribution in [0.5, 0.6) is 0 Å². The number of nitrogens with one attached hydrogen (secondary N) is 1. The molecule has 2 bridgehead atoms. The fraction of sp³-hybridized carbons (Fsp3) is 0.625. The summed E-state index contributed by atoms with van der Waals surface area (Å²) in [5, 5.41) is 7.35. The highest BCUT2D eigenvalue weighted by atomic mass is 16.1. The van der Waals surface area contributed by atoms with Crippen LogP contribution in [0.25, 0.3) is 0 Å². The Morgan fingerprint density at radius 1 is 1.45 bits per heavy atom. The smallest absolute Gasteiger partial charge is 0.220 e. The lowest BCUT2D eigenvalue weighted by molar-refractivity contribution is -0.122. The average Bonchev–Trinajstić information content (AvgIpc) is 3.12. The molecule has 108 valence electrons. The van der Waals surface area contributed by atoms with Crippen molar-refractivity contribution < 1.29 is 4.79 Å². The summed E-state index contributed by atoms with van der Waals surface area (Å²) in [4.78, 5) is 12.1. The number of fused-ring (bicyclic) bond motifs is 2. The zero-order valence-corrected chi connectivity index (χ0v) is 12.3. The van der Waals surface area contributed by atoms with E-state index in [1.165, 1.54) is 12.8 Å². The topological polar surface area (TPSA) is 46.9 Å². The normalized spacial score (nSPS) is 27.2. The van der Waals surface area contributed by atoms with E-state index in [0.29, 0.717) is 24.8 Å². The van der Waals surface area contributed by atoms with Crippen molar-refractivity contribution in [3.05, 3.63) is 29.6 Å². The maximum Gasteiger partial charge on any atom is 0.220 e. The number of carbonyl (C=O) groups excluding carboxylic acids is 1. The second-order valence-electron chi connectivity index (χ2n) is 6.09. The third-order valence-electron chi connectivity index (χ3n) is 4.84. The number of allylic oxidation sites excluding steroid dienone is 2. The molecule has 4 nitrogen and oxygen atoms in total. The number of amides is 1. The predicted octanol–water partition coefficient (Wildman–Crippen LogP) is 2.43. The highest BCUT2D eigenvalue weighted by Crippen LogP contribution is 2.44. The van der Waals surface area contributed by atoms with Gasteiger partial charge in [0.15, 0.2) is 0 Å². The molecule has 20 heavy (non-hydrogen) atoms. The first kappa shape index (κ1) is 13.4. The van der Waals surface area contributed by atoms with Gasteiger partial charge < -0.3 is 5.32 Å². The fourth-order valence-electron chi connectivity index (χ4n) is 3.61. The maximum atomic E-state index is 12.1. The number of rotatable bonds is 5. The van der Waals surface area contributed by atoms with Gasteiger partial charge in [0, 0.05) is 30.8 Å². The SMILES string of the molecule is CCn1ncc(CNC(=O)CC2CC3C=CC2C3)c1C. The van der Waals surface area contributed by atoms with Crippen LogP contribution in [-0.2, 0) is 17.9 Å². The molecule has 1 amide bonds. The molecule has 0 spiro atoms. The molecule has 0 radical (unpaired) electrons. The van der Waals surface area contributed by atoms with Gasteiger partial charge in [-0.15, -0.1) is 0 Å². The van der Waals surface area contributed by atoms with E-state index >= 15 is 0 Å². The first-order valence-electron chi connectivity index (χ1n) is 7.63. The first-order valence-corrected chi connectivity index (χ1v) is 7.63. The van der Waals surface area contributed by atoms with Crippen molar-refractivity contribution in [3.8, 4) is 0 Å². The van der Waals surface area contributed by atoms with E-state index in [-0.39, 0.29) is 5.91 Å². The van der Waals surface area contributed by atoms with Crippen molar-refractivity contribution in [2.24, 2.45) is 17.8 Å². The van der Waals surface area contributed by atoms with E-state index in [1.54, 1.807) is 0 Å². The molecule has 1 N–H and O–H groups in total. The molecule has 1 fully saturated rings. The average molecular weight is 273 g/mol. The summed E-state index contributed by atoms with van der Waals surface area (Å²) >= 11 is 0. The molecule has 0 aromatic carbocycles. The van der Waals surface area contributed by atoms with Gasteiger partial charge in [-0.25, -0.2) is 0 Å². The molecular formula is C16H23N3O. The summed E-state index contributed by atoms with van der Waals surface area (Å²) in [7, 11) is 0. The van der Waals surface area contributed by atoms with Crippen LogP contribution in [0.15, 0.2) is 18.3 Å². The number of carbonyl (C=O) groups is 1. The molecule has 0 aliphatic heterocycles. The van der Waals surface area contributed by atoms with Crippen molar-refractivity contribution in [3.63, 3.8) is 0 Å². The van der Waals surface area contributed by atoms with Crippen LogP contribution in [0, 0.1) is 24.7 Å². The third kappa shape index (κ3) is 2.51. The molecule has 1 saturated carbocycles. The number of aromatic nitrogens is 2. The van der Waals surface area contributed by atoms with Crippen LogP contribution in [0.2, 0.25) is 0 Å². The van der Waals surface area contributed by atoms with Crippen LogP contribution in [0.3, 0.4) is 0 Å². The maximum absolute atomic E-state index is 12.1. The number of nitrogens with zero attached hydrogens (tertiary/aromatic N) is 2. The summed E-state index contributed by atoms with van der Waals surface area (Å²) in [5.41, 5.74) is 2.27. The Morgan fingerprint density at radius 3 is 2.90 bits per heavy atom. The predicted molar refractivity (Wildman–Crippen MR) is 77.9 cm³/mol. The van der Waals surface area contributed by atoms with Crippen molar-refractivity contribution >= 4 is 5.91 Å². The monoisotopic (exact) mass is 273 g/mol. The highest BCUT2D eigenvalue weighted by molar-refractivity contribution is 5.76. The van der Waals surface area contributed by atoms with Gasteiger partial charge in [-0.2, -0.15) is 5.10 Å². The van der Waals surface area contributed by atoms with Gasteiger partial charge in [0.2, 0.25) is 5.91 Å². The van der Waals surface area contributed by atoms with Crippen molar-refractivity contribution in [2.75, 3.05) is 0 Å². The van der Waals surface area contributed by atoms with E-state index in [0.717, 1.165) is 23.7 Å². The molecule has 1 aromatic rings. The lowest BCUT2D eigenvalue weighted by Crippen LogP contribution is -2.26. The Kier molecular flexibility index (Phi) is 3.64. The molecule has 3 atom stereocenters. The van der Waals surface area contributed by atoms with Gasteiger partial charge in [-0.1, -0.05) is 12.2 Å². The molecule has 1 aromatic heterocycles. The standard InChI is InChI=1S/C16H23N3O/c1-3-19-11(2)15(10-18-19)9-17-16(20)8-14-7-12-4-5-13(14)6-12/h4-5,10,12-14H,3,6-9H2,1-2H3,(H,17,20). The second-order valence-corrected chi connectivity index (χ2v) is 6.09. The van der Waals surface area contributed by atoms with Crippen LogP contribution < -0.4 is 5.32 Å². The molecule has 1 heterocycles. The zero-order valence-electron chi connectivity index (χ0n) is 12.3. The van der Waals surface area contributed by atoms with Crippen LogP contribution in [0.4, 0.5) is 0 Å². The summed E-state index contributed by atoms with van der Waals surface area (Å²) in [6.07, 6.45) is 9.62. The minimum absolute atomic E-state index is 0.180. The Hall–Kier alpha value is -1.58. The van der Waals surface area contributed by atoms with Crippen LogP contribution in [-0.4, -0.2) is 15.7 Å². The molecular weight excluding hydrogens is 250 g/mol. The Labute approximate surface area is 120 Å². The van der Waals surface area contributed by atoms with Crippen molar-refractivity contribution in [1.82, 2.24) is 15.1 Å². The van der Waals surface area contributed by atoms with Gasteiger partial charge >= 0.3 is 0 Å². The summed E-state index contributed by atoms with van der Waals surface area (Å²) in [6, 6.07) is 0. The third-order valence-corrected chi connectivity index (χ3v) is 4.84. The molecule has 3 unspecified atom stereocenters. The van der Waals surface area contributed by atoms with Gasteiger partial charge in [-0.05, 0) is 44.4 Å². The van der Waals surface area contributed by atoms with Gasteiger partial charge in [-0.3, -0.25) is 9.48 Å². The van der Waals surface area contributed by atoms with E-state index in [2.05, 4.69) is 36.4 Å². The molecule has 3 rings (SSSR count). The van der Waals surface area contributed by atoms with Crippen LogP contribution >= 0.6 is 0 Å². The minimum atomic E-state index is 0.180. The van der Waals surface area contributed by atoms with Gasteiger partial charge in [0.05, 0.1) is 6.20 Å². The molecule has 4 heteroatoms. The largest absolute Gasteiger partial charge is 0.352 e. The second kappa shape index (κ2) is 5.43. The van der Waals surface area contributed by atoms with Crippen molar-refractivity contribution in [2.45, 2.75) is 46.2 Å². The lowest BCUT2D eigenvalue weighted by Gasteiger charge is -2.17. The highest BCUT2D eigenvalue weighted by Gasteiger charge is 2.36. The number of hydrogen-bond donors (Lipinski definition) is 1.